The maximum absolute atomic E-state index is 12.3. The SMILES string of the molecule is Nc1nc(C(=O)N2CCN(c3ccc(O)cc3)CC2)cs1. The lowest BCUT2D eigenvalue weighted by Crippen LogP contribution is -2.48. The summed E-state index contributed by atoms with van der Waals surface area (Å²) >= 11 is 1.28. The highest BCUT2D eigenvalue weighted by Gasteiger charge is 2.23. The molecule has 1 aromatic carbocycles. The Morgan fingerprint density at radius 2 is 1.86 bits per heavy atom. The zero-order chi connectivity index (χ0) is 14.8. The number of aromatic nitrogens is 1. The Bertz CT molecular complexity index is 633. The first-order valence-corrected chi connectivity index (χ1v) is 7.56. The van der Waals surface area contributed by atoms with Crippen LogP contribution in [0.5, 0.6) is 5.75 Å². The number of aromatic hydroxyl groups is 1. The van der Waals surface area contributed by atoms with Gasteiger partial charge in [0, 0.05) is 37.2 Å². The maximum Gasteiger partial charge on any atom is 0.273 e. The number of phenolic OH excluding ortho intramolecular Hbond substituents is 1. The molecule has 2 heterocycles. The Kier molecular flexibility index (Phi) is 3.66. The highest BCUT2D eigenvalue weighted by atomic mass is 32.1. The summed E-state index contributed by atoms with van der Waals surface area (Å²) in [6, 6.07) is 7.11. The van der Waals surface area contributed by atoms with Crippen molar-refractivity contribution in [3.8, 4) is 5.75 Å². The molecule has 7 heteroatoms. The molecule has 0 saturated carbocycles. The first-order valence-electron chi connectivity index (χ1n) is 6.68. The van der Waals surface area contributed by atoms with Crippen molar-refractivity contribution in [1.29, 1.82) is 0 Å². The molecule has 3 rings (SSSR count). The molecule has 1 aromatic heterocycles. The lowest BCUT2D eigenvalue weighted by molar-refractivity contribution is 0.0742. The van der Waals surface area contributed by atoms with E-state index in [0.717, 1.165) is 18.8 Å². The molecule has 1 amide bonds. The second-order valence-corrected chi connectivity index (χ2v) is 5.76. The van der Waals surface area contributed by atoms with Gasteiger partial charge in [-0.05, 0) is 24.3 Å². The molecule has 0 aliphatic carbocycles. The minimum Gasteiger partial charge on any atom is -0.508 e. The molecular formula is C14H16N4O2S. The van der Waals surface area contributed by atoms with Crippen LogP contribution in [0.15, 0.2) is 29.6 Å². The monoisotopic (exact) mass is 304 g/mol. The number of carbonyl (C=O) groups is 1. The zero-order valence-electron chi connectivity index (χ0n) is 11.4. The average molecular weight is 304 g/mol. The third-order valence-corrected chi connectivity index (χ3v) is 4.20. The fourth-order valence-corrected chi connectivity index (χ4v) is 2.92. The van der Waals surface area contributed by atoms with E-state index in [1.807, 2.05) is 12.1 Å². The van der Waals surface area contributed by atoms with Gasteiger partial charge in [-0.25, -0.2) is 4.98 Å². The van der Waals surface area contributed by atoms with Crippen LogP contribution in [0, 0.1) is 0 Å². The van der Waals surface area contributed by atoms with E-state index in [1.54, 1.807) is 22.4 Å². The van der Waals surface area contributed by atoms with Gasteiger partial charge in [-0.3, -0.25) is 4.79 Å². The predicted molar refractivity (Wildman–Crippen MR) is 82.7 cm³/mol. The number of hydrogen-bond donors (Lipinski definition) is 2. The standard InChI is InChI=1S/C14H16N4O2S/c15-14-16-12(9-21-14)13(20)18-7-5-17(6-8-18)10-1-3-11(19)4-2-10/h1-4,9,19H,5-8H2,(H2,15,16). The summed E-state index contributed by atoms with van der Waals surface area (Å²) in [5.74, 6) is 0.196. The second-order valence-electron chi connectivity index (χ2n) is 4.87. The van der Waals surface area contributed by atoms with Gasteiger partial charge in [-0.2, -0.15) is 0 Å². The summed E-state index contributed by atoms with van der Waals surface area (Å²) < 4.78 is 0. The molecule has 3 N–H and O–H groups in total. The normalized spacial score (nSPS) is 15.2. The number of anilines is 2. The van der Waals surface area contributed by atoms with E-state index in [9.17, 15) is 9.90 Å². The number of piperazine rings is 1. The predicted octanol–water partition coefficient (Wildman–Crippen LogP) is 1.39. The Morgan fingerprint density at radius 3 is 2.43 bits per heavy atom. The summed E-state index contributed by atoms with van der Waals surface area (Å²) in [7, 11) is 0. The average Bonchev–Trinajstić information content (AvgIpc) is 2.94. The van der Waals surface area contributed by atoms with Crippen molar-refractivity contribution in [2.45, 2.75) is 0 Å². The number of amides is 1. The van der Waals surface area contributed by atoms with Gasteiger partial charge in [0.1, 0.15) is 11.4 Å². The Morgan fingerprint density at radius 1 is 1.19 bits per heavy atom. The van der Waals surface area contributed by atoms with Gasteiger partial charge in [0.15, 0.2) is 5.13 Å². The van der Waals surface area contributed by atoms with Crippen molar-refractivity contribution in [3.05, 3.63) is 35.3 Å². The van der Waals surface area contributed by atoms with E-state index in [4.69, 9.17) is 5.73 Å². The number of rotatable bonds is 2. The third kappa shape index (κ3) is 2.92. The van der Waals surface area contributed by atoms with E-state index >= 15 is 0 Å². The molecule has 0 radical (unpaired) electrons. The molecule has 1 fully saturated rings. The summed E-state index contributed by atoms with van der Waals surface area (Å²) in [6.07, 6.45) is 0. The molecule has 0 unspecified atom stereocenters. The molecule has 0 atom stereocenters. The Labute approximate surface area is 126 Å². The molecule has 1 saturated heterocycles. The molecule has 110 valence electrons. The molecule has 2 aromatic rings. The number of benzene rings is 1. The summed E-state index contributed by atoms with van der Waals surface area (Å²) in [5.41, 5.74) is 7.04. The van der Waals surface area contributed by atoms with Crippen molar-refractivity contribution in [2.75, 3.05) is 36.8 Å². The van der Waals surface area contributed by atoms with Crippen molar-refractivity contribution in [3.63, 3.8) is 0 Å². The van der Waals surface area contributed by atoms with Crippen LogP contribution < -0.4 is 10.6 Å². The molecule has 0 bridgehead atoms. The van der Waals surface area contributed by atoms with Crippen LogP contribution in [-0.4, -0.2) is 47.1 Å². The van der Waals surface area contributed by atoms with Crippen LogP contribution in [0.1, 0.15) is 10.5 Å². The van der Waals surface area contributed by atoms with Crippen LogP contribution >= 0.6 is 11.3 Å². The van der Waals surface area contributed by atoms with Gasteiger partial charge in [-0.1, -0.05) is 0 Å². The number of nitrogens with zero attached hydrogens (tertiary/aromatic N) is 3. The zero-order valence-corrected chi connectivity index (χ0v) is 12.2. The number of carbonyl (C=O) groups excluding carboxylic acids is 1. The number of thiazole rings is 1. The van der Waals surface area contributed by atoms with E-state index in [1.165, 1.54) is 11.3 Å². The smallest absolute Gasteiger partial charge is 0.273 e. The van der Waals surface area contributed by atoms with Crippen molar-refractivity contribution in [1.82, 2.24) is 9.88 Å². The van der Waals surface area contributed by atoms with Gasteiger partial charge in [0.25, 0.3) is 5.91 Å². The highest BCUT2D eigenvalue weighted by molar-refractivity contribution is 7.13. The first kappa shape index (κ1) is 13.7. The Hall–Kier alpha value is -2.28. The second kappa shape index (κ2) is 5.61. The van der Waals surface area contributed by atoms with Crippen LogP contribution in [0.2, 0.25) is 0 Å². The summed E-state index contributed by atoms with van der Waals surface area (Å²) in [4.78, 5) is 20.3. The minimum absolute atomic E-state index is 0.0618. The topological polar surface area (TPSA) is 82.7 Å². The molecule has 1 aliphatic heterocycles. The van der Waals surface area contributed by atoms with Crippen LogP contribution in [0.3, 0.4) is 0 Å². The first-order chi connectivity index (χ1) is 10.1. The third-order valence-electron chi connectivity index (χ3n) is 3.52. The quantitative estimate of drug-likeness (QED) is 0.876. The fourth-order valence-electron chi connectivity index (χ4n) is 2.38. The van der Waals surface area contributed by atoms with Gasteiger partial charge in [0.2, 0.25) is 0 Å². The van der Waals surface area contributed by atoms with E-state index in [-0.39, 0.29) is 11.7 Å². The Balaban J connectivity index is 1.62. The van der Waals surface area contributed by atoms with Crippen LogP contribution in [0.25, 0.3) is 0 Å². The lowest BCUT2D eigenvalue weighted by Gasteiger charge is -2.35. The molecular weight excluding hydrogens is 288 g/mol. The number of nitrogen functional groups attached to an aromatic ring is 1. The summed E-state index contributed by atoms with van der Waals surface area (Å²) in [6.45, 7) is 2.82. The van der Waals surface area contributed by atoms with E-state index in [0.29, 0.717) is 23.9 Å². The molecule has 0 spiro atoms. The van der Waals surface area contributed by atoms with Gasteiger partial charge < -0.3 is 20.6 Å². The number of phenols is 1. The van der Waals surface area contributed by atoms with Crippen LogP contribution in [0.4, 0.5) is 10.8 Å². The van der Waals surface area contributed by atoms with E-state index < -0.39 is 0 Å². The largest absolute Gasteiger partial charge is 0.508 e. The maximum atomic E-state index is 12.3. The van der Waals surface area contributed by atoms with Gasteiger partial charge >= 0.3 is 0 Å². The van der Waals surface area contributed by atoms with Crippen molar-refractivity contribution >= 4 is 28.1 Å². The summed E-state index contributed by atoms with van der Waals surface area (Å²) in [5, 5.41) is 11.4. The van der Waals surface area contributed by atoms with Crippen molar-refractivity contribution in [2.24, 2.45) is 0 Å². The molecule has 6 nitrogen and oxygen atoms in total. The number of nitrogens with two attached hydrogens (primary N) is 1. The number of hydrogen-bond acceptors (Lipinski definition) is 6. The molecule has 1 aliphatic rings. The van der Waals surface area contributed by atoms with Crippen molar-refractivity contribution < 1.29 is 9.90 Å². The minimum atomic E-state index is -0.0618. The van der Waals surface area contributed by atoms with Gasteiger partial charge in [-0.15, -0.1) is 11.3 Å². The van der Waals surface area contributed by atoms with E-state index in [2.05, 4.69) is 9.88 Å². The lowest BCUT2D eigenvalue weighted by atomic mass is 10.2. The van der Waals surface area contributed by atoms with Gasteiger partial charge in [0.05, 0.1) is 0 Å². The fraction of sp³-hybridized carbons (Fsp3) is 0.286. The molecule has 21 heavy (non-hydrogen) atoms. The highest BCUT2D eigenvalue weighted by Crippen LogP contribution is 2.20. The van der Waals surface area contributed by atoms with Crippen LogP contribution in [-0.2, 0) is 0 Å².